The number of benzene rings is 2. The molecule has 0 spiro atoms. The molecule has 0 radical (unpaired) electrons. The van der Waals surface area contributed by atoms with Crippen molar-refractivity contribution in [1.82, 2.24) is 5.32 Å². The molecule has 0 unspecified atom stereocenters. The molecule has 4 nitrogen and oxygen atoms in total. The Morgan fingerprint density at radius 3 is 2.29 bits per heavy atom. The minimum Gasteiger partial charge on any atom is -0.497 e. The molecule has 126 valence electrons. The van der Waals surface area contributed by atoms with Crippen LogP contribution >= 0.6 is 0 Å². The summed E-state index contributed by atoms with van der Waals surface area (Å²) in [5.74, 6) is 0.693. The molecule has 0 heterocycles. The van der Waals surface area contributed by atoms with Gasteiger partial charge >= 0.3 is 0 Å². The highest BCUT2D eigenvalue weighted by atomic mass is 16.5. The van der Waals surface area contributed by atoms with Gasteiger partial charge in [-0.15, -0.1) is 0 Å². The highest BCUT2D eigenvalue weighted by Gasteiger charge is 2.02. The number of amides is 1. The first-order valence-electron chi connectivity index (χ1n) is 7.91. The van der Waals surface area contributed by atoms with Crippen molar-refractivity contribution in [2.45, 2.75) is 20.0 Å². The van der Waals surface area contributed by atoms with Gasteiger partial charge in [-0.1, -0.05) is 36.4 Å². The van der Waals surface area contributed by atoms with E-state index < -0.39 is 0 Å². The van der Waals surface area contributed by atoms with Crippen molar-refractivity contribution in [3.8, 4) is 5.75 Å². The van der Waals surface area contributed by atoms with Crippen LogP contribution in [0.3, 0.4) is 0 Å². The highest BCUT2D eigenvalue weighted by molar-refractivity contribution is 5.94. The van der Waals surface area contributed by atoms with E-state index in [9.17, 15) is 4.79 Å². The second-order valence-corrected chi connectivity index (χ2v) is 5.57. The number of allylic oxidation sites excluding steroid dienone is 1. The Morgan fingerprint density at radius 1 is 1.08 bits per heavy atom. The number of rotatable bonds is 7. The number of carbonyl (C=O) groups is 1. The van der Waals surface area contributed by atoms with Crippen molar-refractivity contribution < 1.29 is 14.6 Å². The van der Waals surface area contributed by atoms with E-state index in [2.05, 4.69) is 5.32 Å². The first-order valence-corrected chi connectivity index (χ1v) is 7.91. The van der Waals surface area contributed by atoms with Crippen LogP contribution in [0.15, 0.2) is 54.6 Å². The van der Waals surface area contributed by atoms with Gasteiger partial charge in [-0.05, 0) is 47.7 Å². The van der Waals surface area contributed by atoms with E-state index in [1.165, 1.54) is 0 Å². The Balaban J connectivity index is 1.84. The first kappa shape index (κ1) is 17.8. The fourth-order valence-electron chi connectivity index (χ4n) is 2.33. The van der Waals surface area contributed by atoms with Gasteiger partial charge in [-0.2, -0.15) is 0 Å². The predicted octanol–water partition coefficient (Wildman–Crippen LogP) is 2.95. The quantitative estimate of drug-likeness (QED) is 0.770. The molecule has 0 saturated heterocycles. The number of carbonyl (C=O) groups excluding carboxylic acids is 1. The van der Waals surface area contributed by atoms with Crippen LogP contribution in [0, 0.1) is 0 Å². The van der Waals surface area contributed by atoms with Gasteiger partial charge in [-0.25, -0.2) is 0 Å². The summed E-state index contributed by atoms with van der Waals surface area (Å²) in [7, 11) is 1.63. The molecule has 1 amide bonds. The summed E-state index contributed by atoms with van der Waals surface area (Å²) in [5, 5.41) is 11.9. The topological polar surface area (TPSA) is 58.6 Å². The molecule has 0 aromatic heterocycles. The molecule has 0 aliphatic rings. The van der Waals surface area contributed by atoms with Gasteiger partial charge in [0.05, 0.1) is 13.7 Å². The number of methoxy groups -OCH3 is 1. The smallest absolute Gasteiger partial charge is 0.244 e. The summed E-state index contributed by atoms with van der Waals surface area (Å²) < 4.78 is 5.13. The van der Waals surface area contributed by atoms with Crippen LogP contribution < -0.4 is 10.1 Å². The number of hydrogen-bond acceptors (Lipinski definition) is 3. The first-order chi connectivity index (χ1) is 11.6. The fourth-order valence-corrected chi connectivity index (χ4v) is 2.33. The molecular formula is C20H23NO3. The normalized spacial score (nSPS) is 11.2. The van der Waals surface area contributed by atoms with Gasteiger partial charge in [0.1, 0.15) is 5.75 Å². The van der Waals surface area contributed by atoms with Crippen LogP contribution in [0.4, 0.5) is 0 Å². The summed E-state index contributed by atoms with van der Waals surface area (Å²) >= 11 is 0. The maximum absolute atomic E-state index is 12.0. The predicted molar refractivity (Wildman–Crippen MR) is 95.7 cm³/mol. The SMILES string of the molecule is COc1ccc(/C(C)=C/C(=O)NCCc2ccc(CO)cc2)cc1. The average molecular weight is 325 g/mol. The van der Waals surface area contributed by atoms with Crippen molar-refractivity contribution in [2.75, 3.05) is 13.7 Å². The summed E-state index contributed by atoms with van der Waals surface area (Å²) in [6.07, 6.45) is 2.36. The number of ether oxygens (including phenoxy) is 1. The van der Waals surface area contributed by atoms with Crippen molar-refractivity contribution in [2.24, 2.45) is 0 Å². The van der Waals surface area contributed by atoms with Gasteiger partial charge < -0.3 is 15.2 Å². The van der Waals surface area contributed by atoms with Gasteiger partial charge in [0, 0.05) is 12.6 Å². The van der Waals surface area contributed by atoms with E-state index in [0.717, 1.165) is 34.4 Å². The number of hydrogen-bond donors (Lipinski definition) is 2. The number of aliphatic hydroxyl groups is 1. The number of nitrogens with one attached hydrogen (secondary N) is 1. The third-order valence-corrected chi connectivity index (χ3v) is 3.81. The molecule has 24 heavy (non-hydrogen) atoms. The molecule has 2 rings (SSSR count). The maximum Gasteiger partial charge on any atom is 0.244 e. The highest BCUT2D eigenvalue weighted by Crippen LogP contribution is 2.17. The molecule has 2 aromatic rings. The molecule has 0 fully saturated rings. The zero-order valence-electron chi connectivity index (χ0n) is 14.1. The lowest BCUT2D eigenvalue weighted by Crippen LogP contribution is -2.23. The third kappa shape index (κ3) is 5.25. The van der Waals surface area contributed by atoms with Crippen molar-refractivity contribution in [3.05, 3.63) is 71.3 Å². The number of aliphatic hydroxyl groups excluding tert-OH is 1. The lowest BCUT2D eigenvalue weighted by Gasteiger charge is -2.06. The Morgan fingerprint density at radius 2 is 1.71 bits per heavy atom. The summed E-state index contributed by atoms with van der Waals surface area (Å²) in [6.45, 7) is 2.53. The van der Waals surface area contributed by atoms with E-state index in [1.807, 2.05) is 55.5 Å². The van der Waals surface area contributed by atoms with E-state index in [0.29, 0.717) is 6.54 Å². The molecule has 0 atom stereocenters. The second-order valence-electron chi connectivity index (χ2n) is 5.57. The maximum atomic E-state index is 12.0. The Labute approximate surface area is 142 Å². The molecular weight excluding hydrogens is 302 g/mol. The zero-order valence-corrected chi connectivity index (χ0v) is 14.1. The van der Waals surface area contributed by atoms with Crippen LogP contribution in [0.1, 0.15) is 23.6 Å². The Kier molecular flexibility index (Phi) is 6.58. The minimum atomic E-state index is -0.102. The minimum absolute atomic E-state index is 0.0481. The van der Waals surface area contributed by atoms with E-state index in [-0.39, 0.29) is 12.5 Å². The lowest BCUT2D eigenvalue weighted by atomic mass is 10.1. The van der Waals surface area contributed by atoms with Crippen molar-refractivity contribution in [3.63, 3.8) is 0 Å². The van der Waals surface area contributed by atoms with Gasteiger partial charge in [0.15, 0.2) is 0 Å². The van der Waals surface area contributed by atoms with E-state index >= 15 is 0 Å². The van der Waals surface area contributed by atoms with Gasteiger partial charge in [0.2, 0.25) is 5.91 Å². The molecule has 0 saturated carbocycles. The Hall–Kier alpha value is -2.59. The van der Waals surface area contributed by atoms with E-state index in [1.54, 1.807) is 13.2 Å². The van der Waals surface area contributed by atoms with Crippen molar-refractivity contribution >= 4 is 11.5 Å². The molecule has 2 N–H and O–H groups in total. The molecule has 0 aliphatic carbocycles. The third-order valence-electron chi connectivity index (χ3n) is 3.81. The lowest BCUT2D eigenvalue weighted by molar-refractivity contribution is -0.116. The summed E-state index contributed by atoms with van der Waals surface area (Å²) in [5.41, 5.74) is 3.91. The molecule has 0 bridgehead atoms. The molecule has 2 aromatic carbocycles. The molecule has 0 aliphatic heterocycles. The van der Waals surface area contributed by atoms with Crippen LogP contribution in [-0.4, -0.2) is 24.7 Å². The second kappa shape index (κ2) is 8.89. The largest absolute Gasteiger partial charge is 0.497 e. The zero-order chi connectivity index (χ0) is 17.4. The Bertz CT molecular complexity index is 688. The monoisotopic (exact) mass is 325 g/mol. The summed E-state index contributed by atoms with van der Waals surface area (Å²) in [4.78, 5) is 12.0. The van der Waals surface area contributed by atoms with E-state index in [4.69, 9.17) is 9.84 Å². The standard InChI is InChI=1S/C20H23NO3/c1-15(18-7-9-19(24-2)10-8-18)13-20(23)21-12-11-16-3-5-17(14-22)6-4-16/h3-10,13,22H,11-12,14H2,1-2H3,(H,21,23)/b15-13+. The van der Waals surface area contributed by atoms with Gasteiger partial charge in [-0.3, -0.25) is 4.79 Å². The van der Waals surface area contributed by atoms with Crippen LogP contribution in [-0.2, 0) is 17.8 Å². The average Bonchev–Trinajstić information content (AvgIpc) is 2.62. The van der Waals surface area contributed by atoms with Crippen LogP contribution in [0.5, 0.6) is 5.75 Å². The van der Waals surface area contributed by atoms with Gasteiger partial charge in [0.25, 0.3) is 0 Å². The molecule has 4 heteroatoms. The fraction of sp³-hybridized carbons (Fsp3) is 0.250. The summed E-state index contributed by atoms with van der Waals surface area (Å²) in [6, 6.07) is 15.3. The van der Waals surface area contributed by atoms with Crippen LogP contribution in [0.25, 0.3) is 5.57 Å². The van der Waals surface area contributed by atoms with Crippen molar-refractivity contribution in [1.29, 1.82) is 0 Å². The van der Waals surface area contributed by atoms with Crippen LogP contribution in [0.2, 0.25) is 0 Å².